The number of rotatable bonds is 5. The van der Waals surface area contributed by atoms with Crippen LogP contribution in [0.25, 0.3) is 0 Å². The minimum atomic E-state index is -0.526. The smallest absolute Gasteiger partial charge is 0.373 e. The number of hydrogen-bond acceptors (Lipinski definition) is 4. The molecule has 93 valence electrons. The van der Waals surface area contributed by atoms with E-state index >= 15 is 0 Å². The first-order valence-corrected chi connectivity index (χ1v) is 5.44. The molecule has 1 aromatic carbocycles. The van der Waals surface area contributed by atoms with Gasteiger partial charge in [-0.25, -0.2) is 4.79 Å². The standard InChI is InChI=1S/C13H17O4/c1-9(2)15-12-7-5-11(6-8-12)13(14)17-16-10(3)4/h5-9H,1-4H3. The fourth-order valence-electron chi connectivity index (χ4n) is 1.11. The van der Waals surface area contributed by atoms with Crippen LogP contribution in [-0.2, 0) is 9.78 Å². The van der Waals surface area contributed by atoms with E-state index in [-0.39, 0.29) is 6.10 Å². The number of ether oxygens (including phenoxy) is 1. The zero-order chi connectivity index (χ0) is 12.8. The van der Waals surface area contributed by atoms with Gasteiger partial charge in [-0.3, -0.25) is 4.89 Å². The Labute approximate surface area is 101 Å². The van der Waals surface area contributed by atoms with Gasteiger partial charge in [-0.05, 0) is 52.0 Å². The van der Waals surface area contributed by atoms with Crippen LogP contribution in [0, 0.1) is 6.10 Å². The summed E-state index contributed by atoms with van der Waals surface area (Å²) in [7, 11) is 0. The summed E-state index contributed by atoms with van der Waals surface area (Å²) in [4.78, 5) is 20.8. The maximum Gasteiger partial charge on any atom is 0.373 e. The summed E-state index contributed by atoms with van der Waals surface area (Å²) in [6.45, 7) is 7.28. The van der Waals surface area contributed by atoms with Crippen LogP contribution in [0.2, 0.25) is 0 Å². The van der Waals surface area contributed by atoms with Gasteiger partial charge in [0, 0.05) is 0 Å². The number of benzene rings is 1. The molecule has 1 aromatic rings. The molecular formula is C13H17O4. The van der Waals surface area contributed by atoms with Crippen molar-refractivity contribution in [3.63, 3.8) is 0 Å². The van der Waals surface area contributed by atoms with Crippen molar-refractivity contribution in [1.29, 1.82) is 0 Å². The van der Waals surface area contributed by atoms with Crippen molar-refractivity contribution in [2.24, 2.45) is 0 Å². The van der Waals surface area contributed by atoms with Crippen molar-refractivity contribution in [3.05, 3.63) is 35.9 Å². The van der Waals surface area contributed by atoms with Gasteiger partial charge in [0.25, 0.3) is 0 Å². The SMILES string of the molecule is C[C](C)OOC(=O)c1ccc(OC(C)C)cc1. The molecule has 1 radical (unpaired) electrons. The molecule has 0 heterocycles. The molecule has 0 aliphatic rings. The predicted octanol–water partition coefficient (Wildman–Crippen LogP) is 3.13. The second-order valence-corrected chi connectivity index (χ2v) is 4.05. The third-order valence-corrected chi connectivity index (χ3v) is 1.75. The van der Waals surface area contributed by atoms with E-state index in [0.717, 1.165) is 5.75 Å². The van der Waals surface area contributed by atoms with E-state index in [1.54, 1.807) is 38.1 Å². The Hall–Kier alpha value is -1.55. The van der Waals surface area contributed by atoms with Crippen molar-refractivity contribution >= 4 is 5.97 Å². The van der Waals surface area contributed by atoms with E-state index in [1.165, 1.54) is 0 Å². The zero-order valence-electron chi connectivity index (χ0n) is 10.5. The number of carbonyl (C=O) groups is 1. The molecule has 0 bridgehead atoms. The molecule has 4 heteroatoms. The summed E-state index contributed by atoms with van der Waals surface area (Å²) in [6.07, 6.45) is 0.673. The van der Waals surface area contributed by atoms with Gasteiger partial charge >= 0.3 is 5.97 Å². The van der Waals surface area contributed by atoms with Gasteiger partial charge in [-0.15, -0.1) is 0 Å². The maximum absolute atomic E-state index is 11.5. The summed E-state index contributed by atoms with van der Waals surface area (Å²) in [5.74, 6) is 0.193. The van der Waals surface area contributed by atoms with Gasteiger partial charge < -0.3 is 4.74 Å². The predicted molar refractivity (Wildman–Crippen MR) is 63.3 cm³/mol. The third kappa shape index (κ3) is 4.87. The van der Waals surface area contributed by atoms with E-state index in [4.69, 9.17) is 4.74 Å². The Morgan fingerprint density at radius 1 is 1.06 bits per heavy atom. The van der Waals surface area contributed by atoms with Gasteiger partial charge in [0.05, 0.1) is 11.7 Å². The molecule has 4 nitrogen and oxygen atoms in total. The van der Waals surface area contributed by atoms with E-state index in [2.05, 4.69) is 9.78 Å². The Bertz CT molecular complexity index is 354. The third-order valence-electron chi connectivity index (χ3n) is 1.75. The van der Waals surface area contributed by atoms with Gasteiger partial charge in [0.15, 0.2) is 0 Å². The monoisotopic (exact) mass is 237 g/mol. The molecule has 17 heavy (non-hydrogen) atoms. The van der Waals surface area contributed by atoms with Crippen molar-refractivity contribution in [3.8, 4) is 5.75 Å². The first-order valence-electron chi connectivity index (χ1n) is 5.44. The van der Waals surface area contributed by atoms with Gasteiger partial charge in [-0.2, -0.15) is 4.89 Å². The lowest BCUT2D eigenvalue weighted by atomic mass is 10.2. The minimum Gasteiger partial charge on any atom is -0.491 e. The average molecular weight is 237 g/mol. The fourth-order valence-corrected chi connectivity index (χ4v) is 1.11. The van der Waals surface area contributed by atoms with Crippen molar-refractivity contribution in [1.82, 2.24) is 0 Å². The Kier molecular flexibility index (Phi) is 4.97. The number of carbonyl (C=O) groups excluding carboxylic acids is 1. The van der Waals surface area contributed by atoms with Gasteiger partial charge in [0.2, 0.25) is 0 Å². The second-order valence-electron chi connectivity index (χ2n) is 4.05. The second kappa shape index (κ2) is 6.25. The topological polar surface area (TPSA) is 44.8 Å². The van der Waals surface area contributed by atoms with E-state index in [0.29, 0.717) is 11.7 Å². The van der Waals surface area contributed by atoms with Crippen LogP contribution in [0.1, 0.15) is 38.1 Å². The number of hydrogen-bond donors (Lipinski definition) is 0. The zero-order valence-corrected chi connectivity index (χ0v) is 10.5. The van der Waals surface area contributed by atoms with Crippen molar-refractivity contribution in [2.45, 2.75) is 33.8 Å². The summed E-state index contributed by atoms with van der Waals surface area (Å²) in [6, 6.07) is 6.71. The van der Waals surface area contributed by atoms with Crippen molar-refractivity contribution < 1.29 is 19.3 Å². The van der Waals surface area contributed by atoms with Gasteiger partial charge in [-0.1, -0.05) is 0 Å². The Morgan fingerprint density at radius 2 is 1.65 bits per heavy atom. The average Bonchev–Trinajstić information content (AvgIpc) is 2.26. The molecule has 0 unspecified atom stereocenters. The van der Waals surface area contributed by atoms with Gasteiger partial charge in [0.1, 0.15) is 11.9 Å². The maximum atomic E-state index is 11.5. The molecular weight excluding hydrogens is 220 g/mol. The Morgan fingerprint density at radius 3 is 2.12 bits per heavy atom. The lowest BCUT2D eigenvalue weighted by Crippen LogP contribution is -2.08. The largest absolute Gasteiger partial charge is 0.491 e. The summed E-state index contributed by atoms with van der Waals surface area (Å²) in [5.41, 5.74) is 0.419. The molecule has 1 rings (SSSR count). The summed E-state index contributed by atoms with van der Waals surface area (Å²) < 4.78 is 5.46. The molecule has 0 atom stereocenters. The molecule has 0 saturated heterocycles. The summed E-state index contributed by atoms with van der Waals surface area (Å²) >= 11 is 0. The van der Waals surface area contributed by atoms with Crippen molar-refractivity contribution in [2.75, 3.05) is 0 Å². The van der Waals surface area contributed by atoms with Crippen LogP contribution in [0.15, 0.2) is 24.3 Å². The van der Waals surface area contributed by atoms with Crippen LogP contribution in [0.5, 0.6) is 5.75 Å². The molecule has 0 aliphatic heterocycles. The van der Waals surface area contributed by atoms with Crippen LogP contribution in [0.3, 0.4) is 0 Å². The first kappa shape index (κ1) is 13.5. The van der Waals surface area contributed by atoms with Crippen LogP contribution >= 0.6 is 0 Å². The molecule has 0 aromatic heterocycles. The van der Waals surface area contributed by atoms with E-state index < -0.39 is 5.97 Å². The highest BCUT2D eigenvalue weighted by atomic mass is 17.2. The lowest BCUT2D eigenvalue weighted by molar-refractivity contribution is -0.229. The first-order chi connectivity index (χ1) is 7.99. The molecule has 0 fully saturated rings. The molecule has 0 saturated carbocycles. The highest BCUT2D eigenvalue weighted by Gasteiger charge is 2.10. The molecule has 0 amide bonds. The van der Waals surface area contributed by atoms with Crippen LogP contribution in [-0.4, -0.2) is 12.1 Å². The van der Waals surface area contributed by atoms with E-state index in [1.807, 2.05) is 13.8 Å². The van der Waals surface area contributed by atoms with Crippen LogP contribution < -0.4 is 4.74 Å². The van der Waals surface area contributed by atoms with E-state index in [9.17, 15) is 4.79 Å². The molecule has 0 spiro atoms. The highest BCUT2D eigenvalue weighted by molar-refractivity contribution is 5.89. The normalized spacial score (nSPS) is 10.7. The molecule has 0 aliphatic carbocycles. The fraction of sp³-hybridized carbons (Fsp3) is 0.385. The summed E-state index contributed by atoms with van der Waals surface area (Å²) in [5, 5.41) is 0. The molecule has 0 N–H and O–H groups in total. The minimum absolute atomic E-state index is 0.105. The lowest BCUT2D eigenvalue weighted by Gasteiger charge is -2.10. The quantitative estimate of drug-likeness (QED) is 0.583. The Balaban J connectivity index is 2.57. The van der Waals surface area contributed by atoms with Crippen LogP contribution in [0.4, 0.5) is 0 Å². The highest BCUT2D eigenvalue weighted by Crippen LogP contribution is 2.15.